The molecule has 0 aliphatic heterocycles. The van der Waals surface area contributed by atoms with Gasteiger partial charge in [-0.25, -0.2) is 9.82 Å². The van der Waals surface area contributed by atoms with Crippen molar-refractivity contribution in [2.24, 2.45) is 5.10 Å². The normalized spacial score (nSPS) is 10.7. The summed E-state index contributed by atoms with van der Waals surface area (Å²) in [6, 6.07) is 9.13. The summed E-state index contributed by atoms with van der Waals surface area (Å²) in [5, 5.41) is 6.18. The summed E-state index contributed by atoms with van der Waals surface area (Å²) in [4.78, 5) is 23.4. The van der Waals surface area contributed by atoms with Gasteiger partial charge >= 0.3 is 11.8 Å². The van der Waals surface area contributed by atoms with E-state index in [0.717, 1.165) is 22.3 Å². The van der Waals surface area contributed by atoms with Gasteiger partial charge in [0.05, 0.1) is 6.21 Å². The van der Waals surface area contributed by atoms with Crippen LogP contribution in [-0.4, -0.2) is 18.0 Å². The summed E-state index contributed by atoms with van der Waals surface area (Å²) in [6.07, 6.45) is 1.51. The predicted octanol–water partition coefficient (Wildman–Crippen LogP) is 2.84. The minimum atomic E-state index is -0.905. The Morgan fingerprint density at radius 1 is 1.00 bits per heavy atom. The van der Waals surface area contributed by atoms with Crippen LogP contribution in [0.2, 0.25) is 0 Å². The Morgan fingerprint density at radius 3 is 2.17 bits per heavy atom. The molecule has 2 amide bonds. The summed E-state index contributed by atoms with van der Waals surface area (Å²) in [7, 11) is 0. The molecule has 0 aliphatic rings. The summed E-state index contributed by atoms with van der Waals surface area (Å²) < 4.78 is 12.8. The highest BCUT2D eigenvalue weighted by atomic mass is 19.1. The Hall–Kier alpha value is -3.02. The number of amides is 2. The van der Waals surface area contributed by atoms with Crippen molar-refractivity contribution in [2.75, 3.05) is 5.32 Å². The van der Waals surface area contributed by atoms with Crippen LogP contribution >= 0.6 is 0 Å². The van der Waals surface area contributed by atoms with Gasteiger partial charge in [-0.15, -0.1) is 0 Å². The number of carbonyl (C=O) groups is 2. The van der Waals surface area contributed by atoms with E-state index in [4.69, 9.17) is 0 Å². The standard InChI is InChI=1S/C18H18FN3O2/c1-11-8-12(2)16(13(3)9-11)10-20-22-18(24)17(23)21-15-6-4-14(19)5-7-15/h4-10H,1-3H3,(H,21,23)(H,22,24)/b20-10+. The van der Waals surface area contributed by atoms with Crippen LogP contribution in [0.4, 0.5) is 10.1 Å². The number of benzene rings is 2. The fourth-order valence-electron chi connectivity index (χ4n) is 2.32. The van der Waals surface area contributed by atoms with Crippen molar-refractivity contribution in [1.82, 2.24) is 5.43 Å². The summed E-state index contributed by atoms with van der Waals surface area (Å²) in [5.74, 6) is -2.21. The van der Waals surface area contributed by atoms with Gasteiger partial charge in [0.25, 0.3) is 0 Å². The lowest BCUT2D eigenvalue weighted by Crippen LogP contribution is -2.32. The highest BCUT2D eigenvalue weighted by molar-refractivity contribution is 6.39. The molecule has 0 heterocycles. The zero-order valence-electron chi connectivity index (χ0n) is 13.7. The lowest BCUT2D eigenvalue weighted by atomic mass is 10.0. The third-order valence-corrected chi connectivity index (χ3v) is 3.41. The van der Waals surface area contributed by atoms with Crippen molar-refractivity contribution in [3.05, 3.63) is 64.5 Å². The molecule has 5 nitrogen and oxygen atoms in total. The van der Waals surface area contributed by atoms with E-state index in [2.05, 4.69) is 15.8 Å². The first-order chi connectivity index (χ1) is 11.4. The number of halogens is 1. The first-order valence-corrected chi connectivity index (χ1v) is 7.34. The molecule has 6 heteroatoms. The fourth-order valence-corrected chi connectivity index (χ4v) is 2.32. The Morgan fingerprint density at radius 2 is 1.58 bits per heavy atom. The Balaban J connectivity index is 1.97. The smallest absolute Gasteiger partial charge is 0.318 e. The molecule has 124 valence electrons. The maximum absolute atomic E-state index is 12.8. The summed E-state index contributed by atoms with van der Waals surface area (Å²) in [6.45, 7) is 5.90. The number of nitrogens with one attached hydrogen (secondary N) is 2. The van der Waals surface area contributed by atoms with Crippen molar-refractivity contribution < 1.29 is 14.0 Å². The molecule has 24 heavy (non-hydrogen) atoms. The van der Waals surface area contributed by atoms with E-state index < -0.39 is 17.6 Å². The molecule has 0 fully saturated rings. The van der Waals surface area contributed by atoms with Crippen LogP contribution in [-0.2, 0) is 9.59 Å². The summed E-state index contributed by atoms with van der Waals surface area (Å²) in [5.41, 5.74) is 6.59. The number of aryl methyl sites for hydroxylation is 3. The SMILES string of the molecule is Cc1cc(C)c(/C=N/NC(=O)C(=O)Nc2ccc(F)cc2)c(C)c1. The quantitative estimate of drug-likeness (QED) is 0.517. The van der Waals surface area contributed by atoms with E-state index in [-0.39, 0.29) is 0 Å². The largest absolute Gasteiger partial charge is 0.329 e. The molecular weight excluding hydrogens is 309 g/mol. The van der Waals surface area contributed by atoms with Crippen LogP contribution in [0.5, 0.6) is 0 Å². The molecule has 2 N–H and O–H groups in total. The van der Waals surface area contributed by atoms with Crippen LogP contribution in [0.25, 0.3) is 0 Å². The third-order valence-electron chi connectivity index (χ3n) is 3.41. The van der Waals surface area contributed by atoms with Crippen LogP contribution in [0.15, 0.2) is 41.5 Å². The van der Waals surface area contributed by atoms with E-state index in [9.17, 15) is 14.0 Å². The van der Waals surface area contributed by atoms with Crippen LogP contribution in [0.3, 0.4) is 0 Å². The van der Waals surface area contributed by atoms with Crippen molar-refractivity contribution in [3.63, 3.8) is 0 Å². The van der Waals surface area contributed by atoms with Gasteiger partial charge < -0.3 is 5.32 Å². The van der Waals surface area contributed by atoms with E-state index in [0.29, 0.717) is 5.69 Å². The predicted molar refractivity (Wildman–Crippen MR) is 91.4 cm³/mol. The molecule has 2 rings (SSSR count). The Kier molecular flexibility index (Phi) is 5.42. The second kappa shape index (κ2) is 7.50. The lowest BCUT2D eigenvalue weighted by Gasteiger charge is -2.07. The first-order valence-electron chi connectivity index (χ1n) is 7.34. The van der Waals surface area contributed by atoms with Gasteiger partial charge in [-0.3, -0.25) is 9.59 Å². The Bertz CT molecular complexity index is 775. The second-order valence-corrected chi connectivity index (χ2v) is 5.47. The molecule has 0 bridgehead atoms. The van der Waals surface area contributed by atoms with Gasteiger partial charge in [-0.2, -0.15) is 5.10 Å². The highest BCUT2D eigenvalue weighted by Crippen LogP contribution is 2.14. The number of hydrogen-bond donors (Lipinski definition) is 2. The zero-order chi connectivity index (χ0) is 17.7. The van der Waals surface area contributed by atoms with Gasteiger partial charge in [0.15, 0.2) is 0 Å². The van der Waals surface area contributed by atoms with E-state index >= 15 is 0 Å². The minimum absolute atomic E-state index is 0.325. The number of hydrazone groups is 1. The summed E-state index contributed by atoms with van der Waals surface area (Å²) >= 11 is 0. The van der Waals surface area contributed by atoms with Crippen molar-refractivity contribution in [1.29, 1.82) is 0 Å². The molecule has 2 aromatic carbocycles. The number of nitrogens with zero attached hydrogens (tertiary/aromatic N) is 1. The first kappa shape index (κ1) is 17.3. The number of carbonyl (C=O) groups excluding carboxylic acids is 2. The monoisotopic (exact) mass is 327 g/mol. The molecule has 0 unspecified atom stereocenters. The highest BCUT2D eigenvalue weighted by Gasteiger charge is 2.12. The minimum Gasteiger partial charge on any atom is -0.318 e. The van der Waals surface area contributed by atoms with Crippen molar-refractivity contribution >= 4 is 23.7 Å². The fraction of sp³-hybridized carbons (Fsp3) is 0.167. The van der Waals surface area contributed by atoms with Crippen molar-refractivity contribution in [3.8, 4) is 0 Å². The molecule has 0 atom stereocenters. The van der Waals surface area contributed by atoms with Gasteiger partial charge in [0, 0.05) is 11.3 Å². The molecule has 0 spiro atoms. The third kappa shape index (κ3) is 4.49. The number of rotatable bonds is 3. The van der Waals surface area contributed by atoms with E-state index in [1.165, 1.54) is 30.5 Å². The van der Waals surface area contributed by atoms with Crippen molar-refractivity contribution in [2.45, 2.75) is 20.8 Å². The maximum atomic E-state index is 12.8. The van der Waals surface area contributed by atoms with Gasteiger partial charge in [-0.05, 0) is 56.2 Å². The molecular formula is C18H18FN3O2. The molecule has 0 saturated carbocycles. The second-order valence-electron chi connectivity index (χ2n) is 5.47. The molecule has 0 radical (unpaired) electrons. The topological polar surface area (TPSA) is 70.6 Å². The van der Waals surface area contributed by atoms with Gasteiger partial charge in [0.1, 0.15) is 5.82 Å². The Labute approximate surface area is 139 Å². The number of hydrogen-bond acceptors (Lipinski definition) is 3. The van der Waals surface area contributed by atoms with Crippen LogP contribution in [0, 0.1) is 26.6 Å². The lowest BCUT2D eigenvalue weighted by molar-refractivity contribution is -0.136. The van der Waals surface area contributed by atoms with Gasteiger partial charge in [0.2, 0.25) is 0 Å². The average Bonchev–Trinajstić information content (AvgIpc) is 2.51. The van der Waals surface area contributed by atoms with Crippen LogP contribution in [0.1, 0.15) is 22.3 Å². The average molecular weight is 327 g/mol. The van der Waals surface area contributed by atoms with E-state index in [1.54, 1.807) is 0 Å². The molecule has 0 aromatic heterocycles. The molecule has 2 aromatic rings. The number of anilines is 1. The zero-order valence-corrected chi connectivity index (χ0v) is 13.7. The molecule has 0 saturated heterocycles. The van der Waals surface area contributed by atoms with Crippen LogP contribution < -0.4 is 10.7 Å². The maximum Gasteiger partial charge on any atom is 0.329 e. The van der Waals surface area contributed by atoms with Gasteiger partial charge in [-0.1, -0.05) is 17.7 Å². The van der Waals surface area contributed by atoms with E-state index in [1.807, 2.05) is 32.9 Å². The molecule has 0 aliphatic carbocycles.